The summed E-state index contributed by atoms with van der Waals surface area (Å²) in [5, 5.41) is 11.4. The zero-order valence-electron chi connectivity index (χ0n) is 13.3. The minimum absolute atomic E-state index is 0.0409. The summed E-state index contributed by atoms with van der Waals surface area (Å²) in [6.07, 6.45) is 2.95. The first-order valence-corrected chi connectivity index (χ1v) is 7.99. The maximum absolute atomic E-state index is 12.0. The summed E-state index contributed by atoms with van der Waals surface area (Å²) < 4.78 is 0. The Labute approximate surface area is 131 Å². The van der Waals surface area contributed by atoms with E-state index in [-0.39, 0.29) is 18.0 Å². The van der Waals surface area contributed by atoms with E-state index in [2.05, 4.69) is 16.3 Å². The summed E-state index contributed by atoms with van der Waals surface area (Å²) in [4.78, 5) is 29.6. The zero-order chi connectivity index (χ0) is 15.9. The minimum Gasteiger partial charge on any atom is -0.345 e. The molecule has 0 aromatic carbocycles. The second-order valence-corrected chi connectivity index (χ2v) is 6.00. The monoisotopic (exact) mass is 307 g/mol. The number of amides is 3. The normalized spacial score (nSPS) is 22.3. The highest BCUT2D eigenvalue weighted by molar-refractivity contribution is 5.76. The largest absolute Gasteiger partial charge is 0.345 e. The Kier molecular flexibility index (Phi) is 6.01. The number of urea groups is 1. The van der Waals surface area contributed by atoms with Gasteiger partial charge >= 0.3 is 6.03 Å². The molecular formula is C15H25N5O2. The third-order valence-electron chi connectivity index (χ3n) is 4.44. The van der Waals surface area contributed by atoms with Gasteiger partial charge in [0.2, 0.25) is 5.91 Å². The van der Waals surface area contributed by atoms with Crippen LogP contribution < -0.4 is 5.32 Å². The van der Waals surface area contributed by atoms with Crippen LogP contribution in [0.5, 0.6) is 0 Å². The molecule has 0 aliphatic carbocycles. The van der Waals surface area contributed by atoms with Gasteiger partial charge in [-0.1, -0.05) is 0 Å². The number of carbonyl (C=O) groups excluding carboxylic acids is 2. The maximum atomic E-state index is 12.0. The van der Waals surface area contributed by atoms with Crippen LogP contribution in [0.2, 0.25) is 0 Å². The predicted octanol–water partition coefficient (Wildman–Crippen LogP) is 0.238. The lowest BCUT2D eigenvalue weighted by Crippen LogP contribution is -2.49. The Balaban J connectivity index is 1.75. The van der Waals surface area contributed by atoms with Gasteiger partial charge in [-0.05, 0) is 19.4 Å². The first-order valence-electron chi connectivity index (χ1n) is 7.99. The van der Waals surface area contributed by atoms with E-state index < -0.39 is 0 Å². The number of rotatable bonds is 6. The summed E-state index contributed by atoms with van der Waals surface area (Å²) in [6, 6.07) is 2.36. The van der Waals surface area contributed by atoms with E-state index >= 15 is 0 Å². The number of nitriles is 1. The van der Waals surface area contributed by atoms with Crippen LogP contribution in [0, 0.1) is 11.3 Å². The molecule has 2 saturated heterocycles. The lowest BCUT2D eigenvalue weighted by molar-refractivity contribution is -0.130. The Morgan fingerprint density at radius 1 is 1.50 bits per heavy atom. The molecule has 7 nitrogen and oxygen atoms in total. The second kappa shape index (κ2) is 7.99. The summed E-state index contributed by atoms with van der Waals surface area (Å²) >= 11 is 0. The molecular weight excluding hydrogens is 282 g/mol. The van der Waals surface area contributed by atoms with Gasteiger partial charge in [-0.2, -0.15) is 5.26 Å². The van der Waals surface area contributed by atoms with E-state index in [1.165, 1.54) is 0 Å². The van der Waals surface area contributed by atoms with Gasteiger partial charge < -0.3 is 20.0 Å². The van der Waals surface area contributed by atoms with E-state index in [0.717, 1.165) is 45.6 Å². The highest BCUT2D eigenvalue weighted by Crippen LogP contribution is 2.17. The number of piperidine rings is 1. The van der Waals surface area contributed by atoms with Gasteiger partial charge in [0.1, 0.15) is 0 Å². The molecule has 0 saturated carbocycles. The Hall–Kier alpha value is -1.81. The predicted molar refractivity (Wildman–Crippen MR) is 82.1 cm³/mol. The van der Waals surface area contributed by atoms with Gasteiger partial charge in [0.15, 0.2) is 0 Å². The molecule has 0 spiro atoms. The van der Waals surface area contributed by atoms with Crippen molar-refractivity contribution in [3.8, 4) is 6.07 Å². The Morgan fingerprint density at radius 3 is 3.00 bits per heavy atom. The molecule has 22 heavy (non-hydrogen) atoms. The fourth-order valence-corrected chi connectivity index (χ4v) is 3.11. The molecule has 0 aromatic rings. The molecule has 0 aromatic heterocycles. The smallest absolute Gasteiger partial charge is 0.317 e. The standard InChI is InChI=1S/C15H25N5O2/c1-18(8-3-6-16)14(21)5-10-19-9-2-4-13(12-19)20-11-7-17-15(20)22/h13H,2-5,7-12H2,1H3,(H,17,22). The van der Waals surface area contributed by atoms with Crippen molar-refractivity contribution in [3.05, 3.63) is 0 Å². The topological polar surface area (TPSA) is 79.7 Å². The van der Waals surface area contributed by atoms with Crippen LogP contribution in [0.1, 0.15) is 25.7 Å². The number of likely N-dealkylation sites (tertiary alicyclic amines) is 1. The highest BCUT2D eigenvalue weighted by atomic mass is 16.2. The van der Waals surface area contributed by atoms with Crippen LogP contribution in [-0.4, -0.2) is 79.0 Å². The van der Waals surface area contributed by atoms with Crippen LogP contribution in [0.3, 0.4) is 0 Å². The average Bonchev–Trinajstić information content (AvgIpc) is 2.96. The summed E-state index contributed by atoms with van der Waals surface area (Å²) in [6.45, 7) is 4.57. The molecule has 0 radical (unpaired) electrons. The fourth-order valence-electron chi connectivity index (χ4n) is 3.11. The van der Waals surface area contributed by atoms with Crippen molar-refractivity contribution in [1.29, 1.82) is 5.26 Å². The molecule has 2 rings (SSSR count). The first-order chi connectivity index (χ1) is 10.6. The van der Waals surface area contributed by atoms with Gasteiger partial charge in [-0.3, -0.25) is 4.79 Å². The highest BCUT2D eigenvalue weighted by Gasteiger charge is 2.31. The fraction of sp³-hybridized carbons (Fsp3) is 0.800. The summed E-state index contributed by atoms with van der Waals surface area (Å²) in [5.41, 5.74) is 0. The molecule has 3 amide bonds. The van der Waals surface area contributed by atoms with E-state index in [9.17, 15) is 9.59 Å². The van der Waals surface area contributed by atoms with E-state index in [1.54, 1.807) is 11.9 Å². The third kappa shape index (κ3) is 4.34. The quantitative estimate of drug-likeness (QED) is 0.762. The van der Waals surface area contributed by atoms with Crippen LogP contribution >= 0.6 is 0 Å². The third-order valence-corrected chi connectivity index (χ3v) is 4.44. The summed E-state index contributed by atoms with van der Waals surface area (Å²) in [5.74, 6) is 0.0799. The second-order valence-electron chi connectivity index (χ2n) is 6.00. The van der Waals surface area contributed by atoms with Crippen molar-refractivity contribution >= 4 is 11.9 Å². The van der Waals surface area contributed by atoms with E-state index in [0.29, 0.717) is 19.4 Å². The van der Waals surface area contributed by atoms with Crippen LogP contribution in [-0.2, 0) is 4.79 Å². The maximum Gasteiger partial charge on any atom is 0.317 e. The molecule has 0 bridgehead atoms. The van der Waals surface area contributed by atoms with E-state index in [1.807, 2.05) is 4.90 Å². The van der Waals surface area contributed by atoms with Crippen LogP contribution in [0.4, 0.5) is 4.79 Å². The van der Waals surface area contributed by atoms with Crippen LogP contribution in [0.25, 0.3) is 0 Å². The molecule has 2 aliphatic heterocycles. The molecule has 122 valence electrons. The van der Waals surface area contributed by atoms with Crippen molar-refractivity contribution in [2.45, 2.75) is 31.7 Å². The van der Waals surface area contributed by atoms with Crippen molar-refractivity contribution in [1.82, 2.24) is 20.0 Å². The van der Waals surface area contributed by atoms with Crippen molar-refractivity contribution in [2.75, 3.05) is 46.3 Å². The van der Waals surface area contributed by atoms with Crippen molar-refractivity contribution < 1.29 is 9.59 Å². The molecule has 2 fully saturated rings. The zero-order valence-corrected chi connectivity index (χ0v) is 13.3. The minimum atomic E-state index is 0.0409. The summed E-state index contributed by atoms with van der Waals surface area (Å²) in [7, 11) is 1.74. The van der Waals surface area contributed by atoms with Gasteiger partial charge in [0.05, 0.1) is 12.5 Å². The van der Waals surface area contributed by atoms with Crippen LogP contribution in [0.15, 0.2) is 0 Å². The number of hydrogen-bond donors (Lipinski definition) is 1. The Bertz CT molecular complexity index is 448. The average molecular weight is 307 g/mol. The lowest BCUT2D eigenvalue weighted by Gasteiger charge is -2.37. The van der Waals surface area contributed by atoms with Gasteiger partial charge in [-0.25, -0.2) is 4.79 Å². The first kappa shape index (κ1) is 16.6. The number of nitrogens with one attached hydrogen (secondary N) is 1. The Morgan fingerprint density at radius 2 is 2.32 bits per heavy atom. The number of hydrogen-bond acceptors (Lipinski definition) is 4. The molecule has 7 heteroatoms. The molecule has 1 atom stereocenters. The lowest BCUT2D eigenvalue weighted by atomic mass is 10.0. The molecule has 2 aliphatic rings. The van der Waals surface area contributed by atoms with E-state index in [4.69, 9.17) is 5.26 Å². The van der Waals surface area contributed by atoms with Crippen molar-refractivity contribution in [3.63, 3.8) is 0 Å². The van der Waals surface area contributed by atoms with Gasteiger partial charge in [-0.15, -0.1) is 0 Å². The van der Waals surface area contributed by atoms with Gasteiger partial charge in [0.25, 0.3) is 0 Å². The number of carbonyl (C=O) groups is 2. The number of nitrogens with zero attached hydrogens (tertiary/aromatic N) is 4. The van der Waals surface area contributed by atoms with Crippen molar-refractivity contribution in [2.24, 2.45) is 0 Å². The molecule has 1 unspecified atom stereocenters. The SMILES string of the molecule is CN(CCC#N)C(=O)CCN1CCCC(N2CCNC2=O)C1. The van der Waals surface area contributed by atoms with Gasteiger partial charge in [0, 0.05) is 52.2 Å². The molecule has 2 heterocycles. The molecule has 1 N–H and O–H groups in total.